The normalized spacial score (nSPS) is 23.2. The van der Waals surface area contributed by atoms with Crippen molar-refractivity contribution in [3.05, 3.63) is 33.9 Å². The first-order valence-electron chi connectivity index (χ1n) is 6.51. The van der Waals surface area contributed by atoms with Crippen LogP contribution in [-0.2, 0) is 0 Å². The second kappa shape index (κ2) is 5.38. The Hall–Kier alpha value is -1.91. The highest BCUT2D eigenvalue weighted by molar-refractivity contribution is 5.83. The minimum atomic E-state index is -0.519. The summed E-state index contributed by atoms with van der Waals surface area (Å²) in [5.41, 5.74) is 0.914. The lowest BCUT2D eigenvalue weighted by atomic mass is 9.88. The highest BCUT2D eigenvalue weighted by Crippen LogP contribution is 2.29. The summed E-state index contributed by atoms with van der Waals surface area (Å²) in [5.74, 6) is 1.28. The molecule has 1 aliphatic rings. The zero-order valence-electron chi connectivity index (χ0n) is 11.2. The predicted octanol–water partition coefficient (Wildman–Crippen LogP) is 2.89. The van der Waals surface area contributed by atoms with Crippen molar-refractivity contribution < 1.29 is 9.72 Å². The molecule has 0 spiro atoms. The van der Waals surface area contributed by atoms with E-state index in [0.717, 1.165) is 25.2 Å². The van der Waals surface area contributed by atoms with Crippen LogP contribution in [-0.4, -0.2) is 24.3 Å². The highest BCUT2D eigenvalue weighted by Gasteiger charge is 2.24. The number of carbonyl (C=O) groups is 1. The molecule has 0 bridgehead atoms. The largest absolute Gasteiger partial charge is 0.371 e. The van der Waals surface area contributed by atoms with Gasteiger partial charge in [-0.15, -0.1) is 0 Å². The molecule has 1 saturated heterocycles. The van der Waals surface area contributed by atoms with Crippen LogP contribution in [0.15, 0.2) is 18.2 Å². The van der Waals surface area contributed by atoms with Gasteiger partial charge in [0.05, 0.1) is 10.5 Å². The molecule has 5 heteroatoms. The number of nitrogens with zero attached hydrogens (tertiary/aromatic N) is 2. The van der Waals surface area contributed by atoms with Gasteiger partial charge in [-0.1, -0.05) is 13.8 Å². The Morgan fingerprint density at radius 2 is 2.11 bits per heavy atom. The number of piperidine rings is 1. The van der Waals surface area contributed by atoms with Crippen LogP contribution in [0, 0.1) is 22.0 Å². The average Bonchev–Trinajstić information content (AvgIpc) is 2.41. The molecule has 0 saturated carbocycles. The molecule has 1 aromatic rings. The quantitative estimate of drug-likeness (QED) is 0.477. The molecule has 102 valence electrons. The molecule has 19 heavy (non-hydrogen) atoms. The summed E-state index contributed by atoms with van der Waals surface area (Å²) in [6.45, 7) is 6.32. The molecule has 5 nitrogen and oxygen atoms in total. The van der Waals surface area contributed by atoms with Gasteiger partial charge in [0.1, 0.15) is 0 Å². The van der Waals surface area contributed by atoms with Gasteiger partial charge in [0.15, 0.2) is 6.29 Å². The Kier molecular flexibility index (Phi) is 3.83. The third-order valence-electron chi connectivity index (χ3n) is 4.03. The molecule has 1 aliphatic heterocycles. The van der Waals surface area contributed by atoms with Crippen molar-refractivity contribution in [2.45, 2.75) is 20.3 Å². The van der Waals surface area contributed by atoms with Crippen LogP contribution in [0.25, 0.3) is 0 Å². The van der Waals surface area contributed by atoms with E-state index in [1.54, 1.807) is 12.1 Å². The Morgan fingerprint density at radius 1 is 1.37 bits per heavy atom. The highest BCUT2D eigenvalue weighted by atomic mass is 16.6. The van der Waals surface area contributed by atoms with Gasteiger partial charge in [0.25, 0.3) is 5.69 Å². The number of benzene rings is 1. The second-order valence-corrected chi connectivity index (χ2v) is 5.31. The monoisotopic (exact) mass is 262 g/mol. The van der Waals surface area contributed by atoms with Crippen LogP contribution >= 0.6 is 0 Å². The summed E-state index contributed by atoms with van der Waals surface area (Å²) in [6.07, 6.45) is 1.66. The van der Waals surface area contributed by atoms with Crippen molar-refractivity contribution in [1.29, 1.82) is 0 Å². The van der Waals surface area contributed by atoms with E-state index < -0.39 is 4.92 Å². The first-order chi connectivity index (χ1) is 9.02. The molecule has 1 fully saturated rings. The molecule has 0 radical (unpaired) electrons. The molecule has 0 aliphatic carbocycles. The topological polar surface area (TPSA) is 63.4 Å². The van der Waals surface area contributed by atoms with Crippen LogP contribution in [0.2, 0.25) is 0 Å². The molecule has 1 heterocycles. The number of hydrogen-bond acceptors (Lipinski definition) is 4. The number of aldehydes is 1. The Bertz CT molecular complexity index is 501. The van der Waals surface area contributed by atoms with E-state index in [1.165, 1.54) is 6.07 Å². The number of anilines is 1. The fourth-order valence-electron chi connectivity index (χ4n) is 2.50. The van der Waals surface area contributed by atoms with E-state index in [2.05, 4.69) is 18.7 Å². The van der Waals surface area contributed by atoms with Gasteiger partial charge in [-0.25, -0.2) is 0 Å². The predicted molar refractivity (Wildman–Crippen MR) is 73.6 cm³/mol. The minimum absolute atomic E-state index is 0.128. The first-order valence-corrected chi connectivity index (χ1v) is 6.51. The lowest BCUT2D eigenvalue weighted by molar-refractivity contribution is -0.385. The summed E-state index contributed by atoms with van der Waals surface area (Å²) in [5, 5.41) is 10.8. The van der Waals surface area contributed by atoms with Crippen LogP contribution in [0.3, 0.4) is 0 Å². The van der Waals surface area contributed by atoms with E-state index in [1.807, 2.05) is 0 Å². The molecule has 0 aromatic heterocycles. The SMILES string of the molecule is CC1CCN(c2ccc([N+](=O)[O-])c(C=O)c2)CC1C. The maximum Gasteiger partial charge on any atom is 0.280 e. The molecule has 1 aromatic carbocycles. The Labute approximate surface area is 112 Å². The van der Waals surface area contributed by atoms with Crippen molar-refractivity contribution in [2.75, 3.05) is 18.0 Å². The average molecular weight is 262 g/mol. The van der Waals surface area contributed by atoms with Gasteiger partial charge >= 0.3 is 0 Å². The third kappa shape index (κ3) is 2.75. The third-order valence-corrected chi connectivity index (χ3v) is 4.03. The number of rotatable bonds is 3. The maximum atomic E-state index is 11.0. The molecular formula is C14H18N2O3. The second-order valence-electron chi connectivity index (χ2n) is 5.31. The van der Waals surface area contributed by atoms with Crippen LogP contribution in [0.1, 0.15) is 30.6 Å². The summed E-state index contributed by atoms with van der Waals surface area (Å²) >= 11 is 0. The van der Waals surface area contributed by atoms with Crippen molar-refractivity contribution in [1.82, 2.24) is 0 Å². The van der Waals surface area contributed by atoms with E-state index in [-0.39, 0.29) is 11.3 Å². The van der Waals surface area contributed by atoms with E-state index in [9.17, 15) is 14.9 Å². The van der Waals surface area contributed by atoms with Crippen molar-refractivity contribution in [2.24, 2.45) is 11.8 Å². The number of nitro groups is 1. The molecule has 0 N–H and O–H groups in total. The first kappa shape index (κ1) is 13.5. The number of nitro benzene ring substituents is 1. The van der Waals surface area contributed by atoms with Crippen LogP contribution in [0.4, 0.5) is 11.4 Å². The van der Waals surface area contributed by atoms with Crippen LogP contribution in [0.5, 0.6) is 0 Å². The zero-order valence-corrected chi connectivity index (χ0v) is 11.2. The van der Waals surface area contributed by atoms with Crippen LogP contribution < -0.4 is 4.90 Å². The summed E-state index contributed by atoms with van der Waals surface area (Å²) in [7, 11) is 0. The molecule has 0 amide bonds. The number of hydrogen-bond donors (Lipinski definition) is 0. The van der Waals surface area contributed by atoms with Gasteiger partial charge in [0, 0.05) is 24.8 Å². The molecule has 2 unspecified atom stereocenters. The fourth-order valence-corrected chi connectivity index (χ4v) is 2.50. The van der Waals surface area contributed by atoms with Crippen molar-refractivity contribution in [3.63, 3.8) is 0 Å². The molecular weight excluding hydrogens is 244 g/mol. The smallest absolute Gasteiger partial charge is 0.280 e. The lowest BCUT2D eigenvalue weighted by Gasteiger charge is -2.36. The van der Waals surface area contributed by atoms with E-state index >= 15 is 0 Å². The fraction of sp³-hybridized carbons (Fsp3) is 0.500. The Morgan fingerprint density at radius 3 is 2.68 bits per heavy atom. The van der Waals surface area contributed by atoms with Crippen molar-refractivity contribution >= 4 is 17.7 Å². The summed E-state index contributed by atoms with van der Waals surface area (Å²) in [6, 6.07) is 4.77. The lowest BCUT2D eigenvalue weighted by Crippen LogP contribution is -2.38. The minimum Gasteiger partial charge on any atom is -0.371 e. The maximum absolute atomic E-state index is 11.0. The van der Waals surface area contributed by atoms with Gasteiger partial charge in [0.2, 0.25) is 0 Å². The van der Waals surface area contributed by atoms with Gasteiger partial charge in [-0.3, -0.25) is 14.9 Å². The molecule has 2 atom stereocenters. The van der Waals surface area contributed by atoms with Gasteiger partial charge in [-0.2, -0.15) is 0 Å². The number of carbonyl (C=O) groups excluding carboxylic acids is 1. The zero-order chi connectivity index (χ0) is 14.0. The summed E-state index contributed by atoms with van der Waals surface area (Å²) < 4.78 is 0. The standard InChI is InChI=1S/C14H18N2O3/c1-10-5-6-15(8-11(10)2)13-3-4-14(16(18)19)12(7-13)9-17/h3-4,7,9-11H,5-6,8H2,1-2H3. The van der Waals surface area contributed by atoms with E-state index in [0.29, 0.717) is 18.1 Å². The van der Waals surface area contributed by atoms with Crippen molar-refractivity contribution in [3.8, 4) is 0 Å². The van der Waals surface area contributed by atoms with Gasteiger partial charge in [-0.05, 0) is 30.4 Å². The van der Waals surface area contributed by atoms with E-state index in [4.69, 9.17) is 0 Å². The summed E-state index contributed by atoms with van der Waals surface area (Å²) in [4.78, 5) is 23.4. The van der Waals surface area contributed by atoms with Gasteiger partial charge < -0.3 is 4.90 Å². The Balaban J connectivity index is 2.26. The molecule has 2 rings (SSSR count).